The fourth-order valence-electron chi connectivity index (χ4n) is 2.76. The molecule has 2 heterocycles. The average Bonchev–Trinajstić information content (AvgIpc) is 2.61. The first-order valence-electron chi connectivity index (χ1n) is 8.10. The molecule has 6 heteroatoms. The van der Waals surface area contributed by atoms with Crippen molar-refractivity contribution in [2.24, 2.45) is 5.41 Å². The van der Waals surface area contributed by atoms with Gasteiger partial charge >= 0.3 is 0 Å². The van der Waals surface area contributed by atoms with Crippen molar-refractivity contribution in [2.45, 2.75) is 13.8 Å². The number of imide groups is 1. The van der Waals surface area contributed by atoms with Crippen LogP contribution in [0.2, 0.25) is 0 Å². The Bertz CT molecular complexity index is 746. The molecule has 1 aromatic carbocycles. The Kier molecular flexibility index (Phi) is 4.53. The van der Waals surface area contributed by atoms with Crippen LogP contribution < -0.4 is 14.2 Å². The highest BCUT2D eigenvalue weighted by molar-refractivity contribution is 6.07. The van der Waals surface area contributed by atoms with Crippen LogP contribution in [-0.2, 0) is 9.59 Å². The monoisotopic (exact) mass is 343 g/mol. The normalized spacial score (nSPS) is 18.5. The van der Waals surface area contributed by atoms with Gasteiger partial charge in [0.05, 0.1) is 7.11 Å². The van der Waals surface area contributed by atoms with E-state index in [-0.39, 0.29) is 17.2 Å². The van der Waals surface area contributed by atoms with Crippen molar-refractivity contribution >= 4 is 17.9 Å². The molecular formula is C19H21NO5. The van der Waals surface area contributed by atoms with E-state index in [2.05, 4.69) is 0 Å². The van der Waals surface area contributed by atoms with Gasteiger partial charge in [0, 0.05) is 24.1 Å². The molecule has 2 amide bonds. The lowest BCUT2D eigenvalue weighted by Gasteiger charge is -2.31. The summed E-state index contributed by atoms with van der Waals surface area (Å²) >= 11 is 0. The number of carbonyl (C=O) groups is 2. The first kappa shape index (κ1) is 17.1. The smallest absolute Gasteiger partial charge is 0.253 e. The Morgan fingerprint density at radius 1 is 1.28 bits per heavy atom. The molecule has 0 fully saturated rings. The number of rotatable bonds is 3. The van der Waals surface area contributed by atoms with Crippen molar-refractivity contribution in [1.29, 1.82) is 0 Å². The Morgan fingerprint density at radius 3 is 2.80 bits per heavy atom. The van der Waals surface area contributed by atoms with Gasteiger partial charge in [-0.2, -0.15) is 0 Å². The van der Waals surface area contributed by atoms with Crippen LogP contribution in [0, 0.1) is 5.41 Å². The van der Waals surface area contributed by atoms with E-state index in [0.29, 0.717) is 37.0 Å². The van der Waals surface area contributed by atoms with Gasteiger partial charge in [0.25, 0.3) is 11.8 Å². The summed E-state index contributed by atoms with van der Waals surface area (Å²) in [5, 5.41) is 0. The quantitative estimate of drug-likeness (QED) is 0.789. The molecule has 0 saturated heterocycles. The van der Waals surface area contributed by atoms with Crippen molar-refractivity contribution in [3.8, 4) is 17.2 Å². The third-order valence-corrected chi connectivity index (χ3v) is 4.04. The van der Waals surface area contributed by atoms with E-state index in [1.165, 1.54) is 17.1 Å². The molecule has 0 radical (unpaired) electrons. The number of hydrogen-bond donors (Lipinski definition) is 0. The van der Waals surface area contributed by atoms with E-state index in [1.54, 1.807) is 25.3 Å². The average molecular weight is 343 g/mol. The summed E-state index contributed by atoms with van der Waals surface area (Å²) in [4.78, 5) is 25.6. The maximum absolute atomic E-state index is 12.4. The predicted octanol–water partition coefficient (Wildman–Crippen LogP) is 2.43. The highest BCUT2D eigenvalue weighted by Gasteiger charge is 2.29. The molecule has 0 spiro atoms. The molecule has 0 N–H and O–H groups in total. The number of fused-ring (bicyclic) bond motifs is 1. The molecule has 0 atom stereocenters. The lowest BCUT2D eigenvalue weighted by molar-refractivity contribution is -0.140. The summed E-state index contributed by atoms with van der Waals surface area (Å²) in [7, 11) is 1.55. The number of nitrogens with zero attached hydrogens (tertiary/aromatic N) is 1. The number of methoxy groups -OCH3 is 1. The van der Waals surface area contributed by atoms with E-state index in [4.69, 9.17) is 14.2 Å². The van der Waals surface area contributed by atoms with Gasteiger partial charge in [-0.3, -0.25) is 14.5 Å². The van der Waals surface area contributed by atoms with Crippen LogP contribution >= 0.6 is 0 Å². The van der Waals surface area contributed by atoms with Crippen LogP contribution in [0.15, 0.2) is 30.4 Å². The van der Waals surface area contributed by atoms with Gasteiger partial charge in [-0.25, -0.2) is 0 Å². The zero-order valence-electron chi connectivity index (χ0n) is 14.6. The Morgan fingerprint density at radius 2 is 2.04 bits per heavy atom. The minimum Gasteiger partial charge on any atom is -0.493 e. The van der Waals surface area contributed by atoms with E-state index >= 15 is 0 Å². The number of hydrogen-bond acceptors (Lipinski definition) is 5. The highest BCUT2D eigenvalue weighted by Crippen LogP contribution is 2.40. The molecule has 132 valence electrons. The van der Waals surface area contributed by atoms with Gasteiger partial charge in [0.2, 0.25) is 5.75 Å². The van der Waals surface area contributed by atoms with E-state index in [9.17, 15) is 9.59 Å². The molecule has 3 rings (SSSR count). The molecule has 2 aliphatic rings. The third kappa shape index (κ3) is 3.68. The second kappa shape index (κ2) is 6.63. The summed E-state index contributed by atoms with van der Waals surface area (Å²) in [5.74, 6) is 1.04. The summed E-state index contributed by atoms with van der Waals surface area (Å²) in [6.45, 7) is 5.25. The number of carbonyl (C=O) groups excluding carboxylic acids is 2. The molecule has 6 nitrogen and oxygen atoms in total. The van der Waals surface area contributed by atoms with Crippen molar-refractivity contribution < 1.29 is 23.8 Å². The second-order valence-corrected chi connectivity index (χ2v) is 6.67. The lowest BCUT2D eigenvalue weighted by atomic mass is 9.89. The third-order valence-electron chi connectivity index (χ3n) is 4.04. The Balaban J connectivity index is 1.81. The fraction of sp³-hybridized carbons (Fsp3) is 0.368. The van der Waals surface area contributed by atoms with Gasteiger partial charge in [0.1, 0.15) is 13.2 Å². The summed E-state index contributed by atoms with van der Waals surface area (Å²) in [6, 6.07) is 3.54. The Labute approximate surface area is 146 Å². The van der Waals surface area contributed by atoms with E-state index < -0.39 is 0 Å². The van der Waals surface area contributed by atoms with Gasteiger partial charge in [0.15, 0.2) is 11.5 Å². The predicted molar refractivity (Wildman–Crippen MR) is 92.7 cm³/mol. The summed E-state index contributed by atoms with van der Waals surface area (Å²) in [6.07, 6.45) is 6.30. The number of benzene rings is 1. The van der Waals surface area contributed by atoms with E-state index in [0.717, 1.165) is 5.56 Å². The largest absolute Gasteiger partial charge is 0.493 e. The first-order valence-corrected chi connectivity index (χ1v) is 8.10. The van der Waals surface area contributed by atoms with Crippen LogP contribution in [0.3, 0.4) is 0 Å². The molecule has 0 aromatic heterocycles. The van der Waals surface area contributed by atoms with Gasteiger partial charge in [-0.05, 0) is 23.8 Å². The minimum absolute atomic E-state index is 0.225. The van der Waals surface area contributed by atoms with Crippen molar-refractivity contribution in [3.63, 3.8) is 0 Å². The van der Waals surface area contributed by atoms with Gasteiger partial charge in [-0.15, -0.1) is 0 Å². The standard InChI is InChI=1S/C19H21NO5/c1-19(2)7-6-17(22)20(12-19)16(21)5-4-13-10-14(23-3)18-15(11-13)24-8-9-25-18/h4-7,10-11H,8-9,12H2,1-3H3/b5-4+. The van der Waals surface area contributed by atoms with Crippen LogP contribution in [0.1, 0.15) is 19.4 Å². The second-order valence-electron chi connectivity index (χ2n) is 6.67. The summed E-state index contributed by atoms with van der Waals surface area (Å²) in [5.41, 5.74) is 0.506. The minimum atomic E-state index is -0.351. The SMILES string of the molecule is COc1cc(/C=C/C(=O)N2CC(C)(C)C=CC2=O)cc2c1OCCO2. The summed E-state index contributed by atoms with van der Waals surface area (Å²) < 4.78 is 16.5. The van der Waals surface area contributed by atoms with Crippen LogP contribution in [0.5, 0.6) is 17.2 Å². The lowest BCUT2D eigenvalue weighted by Crippen LogP contribution is -2.43. The molecule has 0 bridgehead atoms. The zero-order chi connectivity index (χ0) is 18.0. The highest BCUT2D eigenvalue weighted by atomic mass is 16.6. The van der Waals surface area contributed by atoms with Crippen molar-refractivity contribution in [2.75, 3.05) is 26.9 Å². The number of ether oxygens (including phenoxy) is 3. The zero-order valence-corrected chi connectivity index (χ0v) is 14.6. The molecule has 0 saturated carbocycles. The molecule has 2 aliphatic heterocycles. The van der Waals surface area contributed by atoms with Crippen molar-refractivity contribution in [1.82, 2.24) is 4.90 Å². The molecule has 0 aliphatic carbocycles. The molecular weight excluding hydrogens is 322 g/mol. The van der Waals surface area contributed by atoms with Crippen LogP contribution in [0.25, 0.3) is 6.08 Å². The van der Waals surface area contributed by atoms with E-state index in [1.807, 2.05) is 19.9 Å². The van der Waals surface area contributed by atoms with Gasteiger partial charge in [-0.1, -0.05) is 19.9 Å². The molecule has 0 unspecified atom stereocenters. The first-order chi connectivity index (χ1) is 11.9. The fourth-order valence-corrected chi connectivity index (χ4v) is 2.76. The maximum Gasteiger partial charge on any atom is 0.253 e. The van der Waals surface area contributed by atoms with Crippen LogP contribution in [0.4, 0.5) is 0 Å². The van der Waals surface area contributed by atoms with Crippen molar-refractivity contribution in [3.05, 3.63) is 35.9 Å². The topological polar surface area (TPSA) is 65.1 Å². The van der Waals surface area contributed by atoms with Crippen LogP contribution in [-0.4, -0.2) is 43.6 Å². The van der Waals surface area contributed by atoms with Gasteiger partial charge < -0.3 is 14.2 Å². The number of amides is 2. The molecule has 25 heavy (non-hydrogen) atoms. The Hall–Kier alpha value is -2.76. The maximum atomic E-state index is 12.4. The molecule has 1 aromatic rings.